The molecule has 2 N–H and O–H groups in total. The molecule has 31 heavy (non-hydrogen) atoms. The molecule has 3 aromatic rings. The number of sulfonamides is 1. The largest absolute Gasteiger partial charge is 0.352 e. The number of hydrogen-bond donors (Lipinski definition) is 2. The number of nitrogens with zero attached hydrogens (tertiary/aromatic N) is 1. The van der Waals surface area contributed by atoms with E-state index in [2.05, 4.69) is 10.0 Å². The van der Waals surface area contributed by atoms with E-state index in [1.807, 2.05) is 19.1 Å². The van der Waals surface area contributed by atoms with E-state index in [0.717, 1.165) is 23.4 Å². The lowest BCUT2D eigenvalue weighted by Gasteiger charge is -2.11. The highest BCUT2D eigenvalue weighted by Gasteiger charge is 2.17. The summed E-state index contributed by atoms with van der Waals surface area (Å²) in [6, 6.07) is 13.1. The lowest BCUT2D eigenvalue weighted by molar-refractivity contribution is 0.0954. The molecule has 0 fully saturated rings. The second kappa shape index (κ2) is 9.20. The van der Waals surface area contributed by atoms with Gasteiger partial charge in [0.15, 0.2) is 0 Å². The van der Waals surface area contributed by atoms with Crippen molar-refractivity contribution in [2.45, 2.75) is 43.9 Å². The van der Waals surface area contributed by atoms with E-state index in [1.54, 1.807) is 23.5 Å². The third-order valence-electron chi connectivity index (χ3n) is 5.33. The van der Waals surface area contributed by atoms with Gasteiger partial charge in [-0.15, -0.1) is 11.3 Å². The first-order chi connectivity index (χ1) is 14.9. The lowest BCUT2D eigenvalue weighted by atomic mass is 10.0. The van der Waals surface area contributed by atoms with E-state index >= 15 is 0 Å². The highest BCUT2D eigenvalue weighted by atomic mass is 32.2. The molecule has 0 aliphatic heterocycles. The molecule has 1 aliphatic carbocycles. The van der Waals surface area contributed by atoms with Crippen LogP contribution in [0, 0.1) is 6.92 Å². The maximum atomic E-state index is 12.6. The van der Waals surface area contributed by atoms with Gasteiger partial charge in [-0.25, -0.2) is 13.4 Å². The van der Waals surface area contributed by atoms with Gasteiger partial charge in [-0.1, -0.05) is 18.2 Å². The van der Waals surface area contributed by atoms with E-state index in [-0.39, 0.29) is 10.8 Å². The molecule has 162 valence electrons. The Hall–Kier alpha value is -2.71. The highest BCUT2D eigenvalue weighted by molar-refractivity contribution is 7.92. The number of amides is 1. The normalized spacial score (nSPS) is 13.5. The van der Waals surface area contributed by atoms with Gasteiger partial charge in [-0.05, 0) is 68.5 Å². The number of rotatable bonds is 7. The van der Waals surface area contributed by atoms with Gasteiger partial charge in [-0.2, -0.15) is 0 Å². The predicted molar refractivity (Wildman–Crippen MR) is 123 cm³/mol. The number of aromatic nitrogens is 1. The van der Waals surface area contributed by atoms with Crippen LogP contribution in [0.5, 0.6) is 0 Å². The van der Waals surface area contributed by atoms with E-state index in [1.165, 1.54) is 47.7 Å². The maximum Gasteiger partial charge on any atom is 0.261 e. The first-order valence-corrected chi connectivity index (χ1v) is 12.7. The first kappa shape index (κ1) is 21.5. The molecule has 0 unspecified atom stereocenters. The Bertz CT molecular complexity index is 1160. The molecule has 1 aliphatic rings. The third kappa shape index (κ3) is 5.14. The van der Waals surface area contributed by atoms with Gasteiger partial charge in [0.25, 0.3) is 15.9 Å². The zero-order chi connectivity index (χ0) is 21.8. The Morgan fingerprint density at radius 3 is 2.55 bits per heavy atom. The molecule has 0 spiro atoms. The summed E-state index contributed by atoms with van der Waals surface area (Å²) in [5.41, 5.74) is 3.03. The molecule has 2 aromatic carbocycles. The molecular weight excluding hydrogens is 430 g/mol. The van der Waals surface area contributed by atoms with Crippen molar-refractivity contribution in [3.8, 4) is 0 Å². The van der Waals surface area contributed by atoms with Crippen molar-refractivity contribution in [3.63, 3.8) is 0 Å². The fourth-order valence-electron chi connectivity index (χ4n) is 3.57. The van der Waals surface area contributed by atoms with Crippen LogP contribution < -0.4 is 10.0 Å². The first-order valence-electron chi connectivity index (χ1n) is 10.4. The van der Waals surface area contributed by atoms with Crippen LogP contribution in [0.3, 0.4) is 0 Å². The van der Waals surface area contributed by atoms with Crippen LogP contribution in [0.2, 0.25) is 0 Å². The topological polar surface area (TPSA) is 88.2 Å². The monoisotopic (exact) mass is 455 g/mol. The molecule has 0 saturated heterocycles. The van der Waals surface area contributed by atoms with Crippen LogP contribution in [-0.2, 0) is 29.3 Å². The number of para-hydroxylation sites is 1. The molecule has 4 rings (SSSR count). The van der Waals surface area contributed by atoms with Crippen LogP contribution >= 0.6 is 11.3 Å². The van der Waals surface area contributed by atoms with Crippen LogP contribution in [0.15, 0.2) is 53.4 Å². The van der Waals surface area contributed by atoms with Crippen LogP contribution in [0.25, 0.3) is 0 Å². The Morgan fingerprint density at radius 1 is 1.06 bits per heavy atom. The van der Waals surface area contributed by atoms with Crippen molar-refractivity contribution in [1.82, 2.24) is 10.3 Å². The Labute approximate surface area is 186 Å². The van der Waals surface area contributed by atoms with Crippen LogP contribution in [0.4, 0.5) is 5.69 Å². The summed E-state index contributed by atoms with van der Waals surface area (Å²) < 4.78 is 27.9. The van der Waals surface area contributed by atoms with Gasteiger partial charge in [0, 0.05) is 23.4 Å². The lowest BCUT2D eigenvalue weighted by Crippen LogP contribution is -2.25. The molecule has 0 radical (unpaired) electrons. The van der Waals surface area contributed by atoms with Crippen molar-refractivity contribution in [3.05, 3.63) is 75.2 Å². The van der Waals surface area contributed by atoms with E-state index in [4.69, 9.17) is 4.98 Å². The zero-order valence-electron chi connectivity index (χ0n) is 17.3. The van der Waals surface area contributed by atoms with Gasteiger partial charge in [0.05, 0.1) is 21.3 Å². The van der Waals surface area contributed by atoms with Crippen molar-refractivity contribution in [2.24, 2.45) is 0 Å². The van der Waals surface area contributed by atoms with Crippen LogP contribution in [0.1, 0.15) is 44.3 Å². The predicted octanol–water partition coefficient (Wildman–Crippen LogP) is 4.10. The van der Waals surface area contributed by atoms with Crippen LogP contribution in [-0.4, -0.2) is 25.9 Å². The molecule has 0 atom stereocenters. The Balaban J connectivity index is 1.34. The number of nitrogens with one attached hydrogen (secondary N) is 2. The third-order valence-corrected chi connectivity index (χ3v) is 7.93. The number of benzene rings is 2. The Kier molecular flexibility index (Phi) is 6.38. The molecule has 0 bridgehead atoms. The summed E-state index contributed by atoms with van der Waals surface area (Å²) in [6.07, 6.45) is 5.33. The summed E-state index contributed by atoms with van der Waals surface area (Å²) in [7, 11) is -3.72. The summed E-state index contributed by atoms with van der Waals surface area (Å²) in [6.45, 7) is 2.34. The highest BCUT2D eigenvalue weighted by Crippen LogP contribution is 2.26. The second-order valence-electron chi connectivity index (χ2n) is 7.64. The second-order valence-corrected chi connectivity index (χ2v) is 10.5. The molecule has 1 amide bonds. The molecule has 8 heteroatoms. The number of thiazole rings is 1. The number of fused-ring (bicyclic) bond motifs is 1. The minimum absolute atomic E-state index is 0.112. The number of hydrogen-bond acceptors (Lipinski definition) is 5. The molecular formula is C23H25N3O3S2. The van der Waals surface area contributed by atoms with E-state index in [0.29, 0.717) is 24.2 Å². The van der Waals surface area contributed by atoms with E-state index in [9.17, 15) is 13.2 Å². The summed E-state index contributed by atoms with van der Waals surface area (Å²) >= 11 is 1.75. The van der Waals surface area contributed by atoms with Crippen molar-refractivity contribution in [2.75, 3.05) is 11.3 Å². The van der Waals surface area contributed by atoms with Gasteiger partial charge in [-0.3, -0.25) is 9.52 Å². The smallest absolute Gasteiger partial charge is 0.261 e. The molecule has 6 nitrogen and oxygen atoms in total. The van der Waals surface area contributed by atoms with Gasteiger partial charge < -0.3 is 5.32 Å². The maximum absolute atomic E-state index is 12.6. The fourth-order valence-corrected chi connectivity index (χ4v) is 5.86. The van der Waals surface area contributed by atoms with E-state index < -0.39 is 10.0 Å². The van der Waals surface area contributed by atoms with Gasteiger partial charge in [0.1, 0.15) is 0 Å². The number of anilines is 1. The van der Waals surface area contributed by atoms with Gasteiger partial charge in [0.2, 0.25) is 0 Å². The quantitative estimate of drug-likeness (QED) is 0.561. The SMILES string of the molecule is Cc1ccccc1NS(=O)(=O)c1ccc(C(=O)NCCc2nc3c(s2)CCCC3)cc1. The Morgan fingerprint density at radius 2 is 1.81 bits per heavy atom. The molecule has 1 heterocycles. The molecule has 0 saturated carbocycles. The average Bonchev–Trinajstić information content (AvgIpc) is 3.18. The number of carbonyl (C=O) groups excluding carboxylic acids is 1. The number of carbonyl (C=O) groups is 1. The summed E-state index contributed by atoms with van der Waals surface area (Å²) in [5.74, 6) is -0.225. The van der Waals surface area contributed by atoms with Gasteiger partial charge >= 0.3 is 0 Å². The summed E-state index contributed by atoms with van der Waals surface area (Å²) in [5, 5.41) is 3.96. The minimum Gasteiger partial charge on any atom is -0.352 e. The summed E-state index contributed by atoms with van der Waals surface area (Å²) in [4.78, 5) is 18.6. The standard InChI is InChI=1S/C23H25N3O3S2/c1-16-6-2-3-7-19(16)26-31(28,29)18-12-10-17(11-13-18)23(27)24-15-14-22-25-20-8-4-5-9-21(20)30-22/h2-3,6-7,10-13,26H,4-5,8-9,14-15H2,1H3,(H,24,27). The van der Waals surface area contributed by atoms with Crippen molar-refractivity contribution in [1.29, 1.82) is 0 Å². The fraction of sp³-hybridized carbons (Fsp3) is 0.304. The number of aryl methyl sites for hydroxylation is 3. The van der Waals surface area contributed by atoms with Crippen molar-refractivity contribution >= 4 is 33.0 Å². The van der Waals surface area contributed by atoms with Crippen molar-refractivity contribution < 1.29 is 13.2 Å². The minimum atomic E-state index is -3.72. The molecule has 1 aromatic heterocycles. The average molecular weight is 456 g/mol. The zero-order valence-corrected chi connectivity index (χ0v) is 19.0.